The summed E-state index contributed by atoms with van der Waals surface area (Å²) in [6.07, 6.45) is -4.68. The quantitative estimate of drug-likeness (QED) is 0.832. The average Bonchev–Trinajstić information content (AvgIpc) is 2.16. The molecule has 7 heteroatoms. The summed E-state index contributed by atoms with van der Waals surface area (Å²) in [6, 6.07) is 2.32. The molecule has 0 aromatic heterocycles. The van der Waals surface area contributed by atoms with Gasteiger partial charge in [0.25, 0.3) is 0 Å². The van der Waals surface area contributed by atoms with E-state index in [2.05, 4.69) is 0 Å². The summed E-state index contributed by atoms with van der Waals surface area (Å²) in [4.78, 5) is 0. The van der Waals surface area contributed by atoms with Crippen LogP contribution in [0.1, 0.15) is 23.6 Å². The molecule has 0 amide bonds. The maximum Gasteiger partial charge on any atom is 0.416 e. The van der Waals surface area contributed by atoms with Gasteiger partial charge in [-0.05, 0) is 24.1 Å². The summed E-state index contributed by atoms with van der Waals surface area (Å²) < 4.78 is 49.9. The van der Waals surface area contributed by atoms with Crippen molar-refractivity contribution >= 4 is 24.0 Å². The van der Waals surface area contributed by atoms with E-state index >= 15 is 0 Å². The summed E-state index contributed by atoms with van der Waals surface area (Å²) in [5.41, 5.74) is 4.44. The molecule has 0 heterocycles. The second kappa shape index (κ2) is 6.42. The van der Waals surface area contributed by atoms with Gasteiger partial charge in [-0.15, -0.1) is 12.4 Å². The Kier molecular flexibility index (Phi) is 6.23. The Labute approximate surface area is 107 Å². The Morgan fingerprint density at radius 1 is 1.29 bits per heavy atom. The molecule has 2 N–H and O–H groups in total. The van der Waals surface area contributed by atoms with Crippen LogP contribution in [0.2, 0.25) is 5.02 Å². The molecule has 17 heavy (non-hydrogen) atoms. The molecule has 1 aromatic carbocycles. The van der Waals surface area contributed by atoms with Crippen LogP contribution in [-0.4, -0.2) is 6.67 Å². The monoisotopic (exact) mass is 291 g/mol. The van der Waals surface area contributed by atoms with Crippen molar-refractivity contribution in [3.05, 3.63) is 34.3 Å². The minimum absolute atomic E-state index is 0. The van der Waals surface area contributed by atoms with Crippen LogP contribution >= 0.6 is 24.0 Å². The molecule has 0 unspecified atom stereocenters. The molecule has 0 bridgehead atoms. The van der Waals surface area contributed by atoms with E-state index in [9.17, 15) is 17.6 Å². The lowest BCUT2D eigenvalue weighted by Gasteiger charge is -2.17. The molecule has 0 spiro atoms. The van der Waals surface area contributed by atoms with Gasteiger partial charge in [-0.2, -0.15) is 13.2 Å². The van der Waals surface area contributed by atoms with Crippen molar-refractivity contribution in [3.8, 4) is 0 Å². The summed E-state index contributed by atoms with van der Waals surface area (Å²) in [5.74, 6) is 0. The Bertz CT molecular complexity index is 368. The van der Waals surface area contributed by atoms with E-state index in [1.165, 1.54) is 12.1 Å². The van der Waals surface area contributed by atoms with Crippen LogP contribution in [0.15, 0.2) is 18.2 Å². The molecule has 0 fully saturated rings. The normalized spacial score (nSPS) is 13.1. The third-order valence-electron chi connectivity index (χ3n) is 2.14. The molecule has 1 atom stereocenters. The number of benzene rings is 1. The zero-order chi connectivity index (χ0) is 12.3. The Morgan fingerprint density at radius 2 is 1.88 bits per heavy atom. The zero-order valence-electron chi connectivity index (χ0n) is 8.60. The number of alkyl halides is 4. The number of rotatable bonds is 3. The topological polar surface area (TPSA) is 26.0 Å². The van der Waals surface area contributed by atoms with E-state index < -0.39 is 24.5 Å². The van der Waals surface area contributed by atoms with Crippen molar-refractivity contribution in [2.24, 2.45) is 5.73 Å². The zero-order valence-corrected chi connectivity index (χ0v) is 10.2. The van der Waals surface area contributed by atoms with Crippen LogP contribution in [0.4, 0.5) is 17.6 Å². The molecule has 0 saturated heterocycles. The van der Waals surface area contributed by atoms with Crippen LogP contribution in [0.5, 0.6) is 0 Å². The predicted molar refractivity (Wildman–Crippen MR) is 61.2 cm³/mol. The van der Waals surface area contributed by atoms with Crippen molar-refractivity contribution in [2.75, 3.05) is 6.67 Å². The van der Waals surface area contributed by atoms with E-state index in [0.717, 1.165) is 6.07 Å². The van der Waals surface area contributed by atoms with Crippen LogP contribution in [0, 0.1) is 0 Å². The lowest BCUT2D eigenvalue weighted by atomic mass is 9.98. The van der Waals surface area contributed by atoms with Gasteiger partial charge >= 0.3 is 6.18 Å². The fourth-order valence-electron chi connectivity index (χ4n) is 1.37. The van der Waals surface area contributed by atoms with Gasteiger partial charge < -0.3 is 5.73 Å². The molecule has 0 aliphatic carbocycles. The maximum atomic E-state index is 12.6. The summed E-state index contributed by atoms with van der Waals surface area (Å²) >= 11 is 5.49. The SMILES string of the molecule is Cl.N[C@@H](CCF)c1ccc(Cl)cc1C(F)(F)F. The number of nitrogens with two attached hydrogens (primary N) is 1. The van der Waals surface area contributed by atoms with Crippen LogP contribution < -0.4 is 5.73 Å². The molecule has 0 radical (unpaired) electrons. The van der Waals surface area contributed by atoms with Crippen LogP contribution in [0.3, 0.4) is 0 Å². The molecule has 98 valence electrons. The van der Waals surface area contributed by atoms with Crippen molar-refractivity contribution in [1.82, 2.24) is 0 Å². The van der Waals surface area contributed by atoms with Gasteiger partial charge in [0.05, 0.1) is 12.2 Å². The molecular weight excluding hydrogens is 281 g/mol. The van der Waals surface area contributed by atoms with Crippen LogP contribution in [0.25, 0.3) is 0 Å². The highest BCUT2D eigenvalue weighted by atomic mass is 35.5. The van der Waals surface area contributed by atoms with E-state index in [0.29, 0.717) is 0 Å². The van der Waals surface area contributed by atoms with Gasteiger partial charge in [-0.1, -0.05) is 17.7 Å². The lowest BCUT2D eigenvalue weighted by Crippen LogP contribution is -2.18. The van der Waals surface area contributed by atoms with E-state index in [-0.39, 0.29) is 29.4 Å². The Morgan fingerprint density at radius 3 is 2.35 bits per heavy atom. The van der Waals surface area contributed by atoms with E-state index in [4.69, 9.17) is 17.3 Å². The van der Waals surface area contributed by atoms with Gasteiger partial charge in [0.2, 0.25) is 0 Å². The number of hydrogen-bond acceptors (Lipinski definition) is 1. The molecule has 1 nitrogen and oxygen atoms in total. The first-order chi connectivity index (χ1) is 7.36. The molecule has 1 rings (SSSR count). The lowest BCUT2D eigenvalue weighted by molar-refractivity contribution is -0.138. The largest absolute Gasteiger partial charge is 0.416 e. The third-order valence-corrected chi connectivity index (χ3v) is 2.38. The van der Waals surface area contributed by atoms with Crippen molar-refractivity contribution < 1.29 is 17.6 Å². The Hall–Kier alpha value is -0.520. The van der Waals surface area contributed by atoms with Gasteiger partial charge in [0.1, 0.15) is 0 Å². The Balaban J connectivity index is 0.00000256. The third kappa shape index (κ3) is 4.33. The van der Waals surface area contributed by atoms with Crippen molar-refractivity contribution in [3.63, 3.8) is 0 Å². The second-order valence-corrected chi connectivity index (χ2v) is 3.75. The number of halogens is 6. The smallest absolute Gasteiger partial charge is 0.324 e. The summed E-state index contributed by atoms with van der Waals surface area (Å²) in [7, 11) is 0. The van der Waals surface area contributed by atoms with E-state index in [1.54, 1.807) is 0 Å². The summed E-state index contributed by atoms with van der Waals surface area (Å²) in [5, 5.41) is -0.0245. The molecule has 0 aliphatic rings. The minimum Gasteiger partial charge on any atom is -0.324 e. The first-order valence-corrected chi connectivity index (χ1v) is 4.92. The van der Waals surface area contributed by atoms with Gasteiger partial charge in [-0.25, -0.2) is 0 Å². The van der Waals surface area contributed by atoms with Crippen molar-refractivity contribution in [1.29, 1.82) is 0 Å². The fourth-order valence-corrected chi connectivity index (χ4v) is 1.54. The molecule has 1 aromatic rings. The minimum atomic E-state index is -4.53. The van der Waals surface area contributed by atoms with E-state index in [1.807, 2.05) is 0 Å². The predicted octanol–water partition coefficient (Wildman–Crippen LogP) is 4.14. The fraction of sp³-hybridized carbons (Fsp3) is 0.400. The first kappa shape index (κ1) is 16.5. The molecule has 0 saturated carbocycles. The summed E-state index contributed by atoms with van der Waals surface area (Å²) in [6.45, 7) is -0.763. The first-order valence-electron chi connectivity index (χ1n) is 4.54. The van der Waals surface area contributed by atoms with Gasteiger partial charge in [0, 0.05) is 11.1 Å². The molecule has 0 aliphatic heterocycles. The maximum absolute atomic E-state index is 12.6. The highest BCUT2D eigenvalue weighted by molar-refractivity contribution is 6.30. The van der Waals surface area contributed by atoms with Crippen molar-refractivity contribution in [2.45, 2.75) is 18.6 Å². The highest BCUT2D eigenvalue weighted by Crippen LogP contribution is 2.36. The average molecular weight is 292 g/mol. The molecular formula is C10H11Cl2F4N. The highest BCUT2D eigenvalue weighted by Gasteiger charge is 2.34. The van der Waals surface area contributed by atoms with Crippen LogP contribution in [-0.2, 0) is 6.18 Å². The number of hydrogen-bond donors (Lipinski definition) is 1. The second-order valence-electron chi connectivity index (χ2n) is 3.31. The van der Waals surface area contributed by atoms with Gasteiger partial charge in [-0.3, -0.25) is 4.39 Å². The van der Waals surface area contributed by atoms with Gasteiger partial charge in [0.15, 0.2) is 0 Å². The standard InChI is InChI=1S/C10H10ClF4N.ClH/c11-6-1-2-7(9(16)3-4-12)8(5-6)10(13,14)15;/h1-2,5,9H,3-4,16H2;1H/t9-;/m0./s1.